The standard InChI is InChI=1S/C16H27NO2/c1-3-10-17-16(15-9-12-18-13(15)2)8-4-6-14-7-5-11-19-14/h9,12,14,16-17H,3-8,10-11H2,1-2H3. The fraction of sp³-hybridized carbons (Fsp3) is 0.750. The largest absolute Gasteiger partial charge is 0.469 e. The van der Waals surface area contributed by atoms with Crippen molar-refractivity contribution in [2.75, 3.05) is 13.2 Å². The molecule has 0 radical (unpaired) electrons. The van der Waals surface area contributed by atoms with E-state index in [9.17, 15) is 0 Å². The average Bonchev–Trinajstić information content (AvgIpc) is 3.05. The molecule has 0 amide bonds. The van der Waals surface area contributed by atoms with Crippen molar-refractivity contribution in [3.8, 4) is 0 Å². The summed E-state index contributed by atoms with van der Waals surface area (Å²) < 4.78 is 11.1. The molecule has 0 bridgehead atoms. The highest BCUT2D eigenvalue weighted by Gasteiger charge is 2.18. The summed E-state index contributed by atoms with van der Waals surface area (Å²) in [6.07, 6.45) is 9.54. The normalized spacial score (nSPS) is 20.8. The topological polar surface area (TPSA) is 34.4 Å². The SMILES string of the molecule is CCCNC(CCCC1CCCO1)c1ccoc1C. The Morgan fingerprint density at radius 1 is 1.47 bits per heavy atom. The first-order valence-corrected chi connectivity index (χ1v) is 7.70. The number of furan rings is 1. The number of rotatable bonds is 8. The van der Waals surface area contributed by atoms with E-state index in [4.69, 9.17) is 9.15 Å². The predicted octanol–water partition coefficient (Wildman–Crippen LogP) is 3.98. The second kappa shape index (κ2) is 7.71. The third kappa shape index (κ3) is 4.36. The Balaban J connectivity index is 1.81. The van der Waals surface area contributed by atoms with Crippen LogP contribution in [0.15, 0.2) is 16.7 Å². The summed E-state index contributed by atoms with van der Waals surface area (Å²) in [6, 6.07) is 2.54. The highest BCUT2D eigenvalue weighted by Crippen LogP contribution is 2.25. The molecular formula is C16H27NO2. The van der Waals surface area contributed by atoms with Gasteiger partial charge in [0.05, 0.1) is 12.4 Å². The van der Waals surface area contributed by atoms with Crippen LogP contribution in [0.5, 0.6) is 0 Å². The Kier molecular flexibility index (Phi) is 5.93. The van der Waals surface area contributed by atoms with E-state index in [1.54, 1.807) is 6.26 Å². The van der Waals surface area contributed by atoms with Gasteiger partial charge in [-0.25, -0.2) is 0 Å². The Morgan fingerprint density at radius 3 is 3.00 bits per heavy atom. The summed E-state index contributed by atoms with van der Waals surface area (Å²) in [5.74, 6) is 1.05. The zero-order chi connectivity index (χ0) is 13.5. The lowest BCUT2D eigenvalue weighted by molar-refractivity contribution is 0.101. The minimum absolute atomic E-state index is 0.431. The van der Waals surface area contributed by atoms with Crippen LogP contribution < -0.4 is 5.32 Å². The smallest absolute Gasteiger partial charge is 0.105 e. The molecule has 1 saturated heterocycles. The van der Waals surface area contributed by atoms with Crippen molar-refractivity contribution in [2.45, 2.75) is 64.5 Å². The van der Waals surface area contributed by atoms with Gasteiger partial charge in [0, 0.05) is 18.2 Å². The van der Waals surface area contributed by atoms with Gasteiger partial charge in [-0.3, -0.25) is 0 Å². The van der Waals surface area contributed by atoms with Crippen molar-refractivity contribution in [1.82, 2.24) is 5.32 Å². The van der Waals surface area contributed by atoms with Crippen LogP contribution in [-0.2, 0) is 4.74 Å². The van der Waals surface area contributed by atoms with Gasteiger partial charge in [0.2, 0.25) is 0 Å². The van der Waals surface area contributed by atoms with Crippen molar-refractivity contribution < 1.29 is 9.15 Å². The zero-order valence-electron chi connectivity index (χ0n) is 12.3. The van der Waals surface area contributed by atoms with Crippen LogP contribution in [0.4, 0.5) is 0 Å². The molecule has 2 unspecified atom stereocenters. The van der Waals surface area contributed by atoms with Gasteiger partial charge in [-0.15, -0.1) is 0 Å². The van der Waals surface area contributed by atoms with Gasteiger partial charge >= 0.3 is 0 Å². The van der Waals surface area contributed by atoms with E-state index >= 15 is 0 Å². The van der Waals surface area contributed by atoms with Gasteiger partial charge in [-0.05, 0) is 58.1 Å². The molecule has 1 aliphatic rings. The number of ether oxygens (including phenoxy) is 1. The van der Waals surface area contributed by atoms with Gasteiger partial charge in [0.25, 0.3) is 0 Å². The molecule has 1 N–H and O–H groups in total. The van der Waals surface area contributed by atoms with Crippen molar-refractivity contribution >= 4 is 0 Å². The Hall–Kier alpha value is -0.800. The maximum atomic E-state index is 5.69. The van der Waals surface area contributed by atoms with E-state index < -0.39 is 0 Å². The summed E-state index contributed by atoms with van der Waals surface area (Å²) in [6.45, 7) is 6.28. The Morgan fingerprint density at radius 2 is 2.37 bits per heavy atom. The molecule has 1 fully saturated rings. The molecule has 2 rings (SSSR count). The molecule has 19 heavy (non-hydrogen) atoms. The van der Waals surface area contributed by atoms with Gasteiger partial charge in [-0.1, -0.05) is 6.92 Å². The minimum atomic E-state index is 0.431. The van der Waals surface area contributed by atoms with Crippen LogP contribution in [0.1, 0.15) is 62.8 Å². The number of hydrogen-bond acceptors (Lipinski definition) is 3. The average molecular weight is 265 g/mol. The minimum Gasteiger partial charge on any atom is -0.469 e. The van der Waals surface area contributed by atoms with Crippen LogP contribution in [0.25, 0.3) is 0 Å². The van der Waals surface area contributed by atoms with Gasteiger partial charge in [-0.2, -0.15) is 0 Å². The van der Waals surface area contributed by atoms with Crippen molar-refractivity contribution in [1.29, 1.82) is 0 Å². The predicted molar refractivity (Wildman–Crippen MR) is 77.3 cm³/mol. The quantitative estimate of drug-likeness (QED) is 0.772. The molecule has 0 saturated carbocycles. The van der Waals surface area contributed by atoms with E-state index in [1.165, 1.54) is 44.1 Å². The lowest BCUT2D eigenvalue weighted by Gasteiger charge is -2.19. The molecule has 2 heterocycles. The Labute approximate surface area is 116 Å². The molecule has 0 aliphatic carbocycles. The third-order valence-electron chi connectivity index (χ3n) is 3.96. The lowest BCUT2D eigenvalue weighted by atomic mass is 9.99. The van der Waals surface area contributed by atoms with Crippen LogP contribution in [0.2, 0.25) is 0 Å². The van der Waals surface area contributed by atoms with E-state index in [0.717, 1.165) is 18.9 Å². The maximum absolute atomic E-state index is 5.69. The van der Waals surface area contributed by atoms with Crippen molar-refractivity contribution in [3.63, 3.8) is 0 Å². The molecule has 2 atom stereocenters. The Bertz CT molecular complexity index is 355. The molecule has 3 nitrogen and oxygen atoms in total. The van der Waals surface area contributed by atoms with E-state index in [2.05, 4.69) is 25.2 Å². The van der Waals surface area contributed by atoms with E-state index in [1.807, 2.05) is 0 Å². The monoisotopic (exact) mass is 265 g/mol. The number of aryl methyl sites for hydroxylation is 1. The van der Waals surface area contributed by atoms with Gasteiger partial charge < -0.3 is 14.5 Å². The number of hydrogen-bond donors (Lipinski definition) is 1. The molecule has 108 valence electrons. The first-order valence-electron chi connectivity index (χ1n) is 7.70. The maximum Gasteiger partial charge on any atom is 0.105 e. The summed E-state index contributed by atoms with van der Waals surface area (Å²) in [5.41, 5.74) is 1.32. The lowest BCUT2D eigenvalue weighted by Crippen LogP contribution is -2.22. The van der Waals surface area contributed by atoms with Crippen molar-refractivity contribution in [2.24, 2.45) is 0 Å². The molecule has 1 aromatic rings. The van der Waals surface area contributed by atoms with E-state index in [0.29, 0.717) is 12.1 Å². The summed E-state index contributed by atoms with van der Waals surface area (Å²) >= 11 is 0. The number of nitrogens with one attached hydrogen (secondary N) is 1. The van der Waals surface area contributed by atoms with Crippen LogP contribution in [0.3, 0.4) is 0 Å². The second-order valence-electron chi connectivity index (χ2n) is 5.50. The van der Waals surface area contributed by atoms with Gasteiger partial charge in [0.15, 0.2) is 0 Å². The van der Waals surface area contributed by atoms with Gasteiger partial charge in [0.1, 0.15) is 5.76 Å². The summed E-state index contributed by atoms with van der Waals surface area (Å²) in [5, 5.41) is 3.64. The van der Waals surface area contributed by atoms with Crippen LogP contribution in [0, 0.1) is 6.92 Å². The molecule has 0 spiro atoms. The van der Waals surface area contributed by atoms with Crippen LogP contribution >= 0.6 is 0 Å². The van der Waals surface area contributed by atoms with Crippen LogP contribution in [-0.4, -0.2) is 19.3 Å². The first kappa shape index (κ1) is 14.6. The first-order chi connectivity index (χ1) is 9.31. The third-order valence-corrected chi connectivity index (χ3v) is 3.96. The van der Waals surface area contributed by atoms with E-state index in [-0.39, 0.29) is 0 Å². The summed E-state index contributed by atoms with van der Waals surface area (Å²) in [4.78, 5) is 0. The highest BCUT2D eigenvalue weighted by atomic mass is 16.5. The molecule has 0 aromatic carbocycles. The molecular weight excluding hydrogens is 238 g/mol. The zero-order valence-corrected chi connectivity index (χ0v) is 12.3. The fourth-order valence-electron chi connectivity index (χ4n) is 2.86. The molecule has 1 aromatic heterocycles. The molecule has 3 heteroatoms. The highest BCUT2D eigenvalue weighted by molar-refractivity contribution is 5.20. The summed E-state index contributed by atoms with van der Waals surface area (Å²) in [7, 11) is 0. The molecule has 1 aliphatic heterocycles. The fourth-order valence-corrected chi connectivity index (χ4v) is 2.86. The second-order valence-corrected chi connectivity index (χ2v) is 5.50. The van der Waals surface area contributed by atoms with Crippen molar-refractivity contribution in [3.05, 3.63) is 23.7 Å².